The van der Waals surface area contributed by atoms with Gasteiger partial charge in [-0.25, -0.2) is 8.42 Å². The molecule has 2 N–H and O–H groups in total. The third-order valence-electron chi connectivity index (χ3n) is 5.39. The number of hydrogen-bond donors (Lipinski definition) is 2. The molecule has 0 spiro atoms. The van der Waals surface area contributed by atoms with Crippen LogP contribution in [-0.4, -0.2) is 27.5 Å². The Morgan fingerprint density at radius 1 is 0.941 bits per heavy atom. The predicted molar refractivity (Wildman–Crippen MR) is 136 cm³/mol. The van der Waals surface area contributed by atoms with Crippen LogP contribution in [0.2, 0.25) is 0 Å². The minimum Gasteiger partial charge on any atom is -0.492 e. The van der Waals surface area contributed by atoms with E-state index in [2.05, 4.69) is 30.8 Å². The lowest BCUT2D eigenvalue weighted by Crippen LogP contribution is -2.28. The highest BCUT2D eigenvalue weighted by atomic mass is 32.2. The fraction of sp³-hybridized carbons (Fsp3) is 0.296. The zero-order chi connectivity index (χ0) is 24.9. The van der Waals surface area contributed by atoms with E-state index in [1.54, 1.807) is 37.3 Å². The van der Waals surface area contributed by atoms with E-state index in [1.807, 2.05) is 37.3 Å². The van der Waals surface area contributed by atoms with E-state index in [0.29, 0.717) is 17.9 Å². The fourth-order valence-electron chi connectivity index (χ4n) is 3.44. The molecule has 0 aliphatic rings. The Balaban J connectivity index is 1.61. The molecule has 0 aromatic heterocycles. The maximum atomic E-state index is 12.9. The molecular weight excluding hydrogens is 448 g/mol. The summed E-state index contributed by atoms with van der Waals surface area (Å²) in [5, 5.41) is 2.78. The first-order chi connectivity index (χ1) is 16.0. The van der Waals surface area contributed by atoms with Gasteiger partial charge in [-0.05, 0) is 72.4 Å². The normalized spacial score (nSPS) is 11.7. The standard InChI is InChI=1S/C27H32N2O4S/c1-19-7-6-8-23(17-19)29-34(31,32)25-18-21(10-9-20(25)2)26(30)28-15-16-33-24-13-11-22(12-14-24)27(3,4)5/h6-14,17-18,29H,15-16H2,1-5H3,(H,28,30). The Labute approximate surface area is 202 Å². The second-order valence-electron chi connectivity index (χ2n) is 9.33. The van der Waals surface area contributed by atoms with Crippen LogP contribution < -0.4 is 14.8 Å². The summed E-state index contributed by atoms with van der Waals surface area (Å²) in [5.41, 5.74) is 3.53. The zero-order valence-electron chi connectivity index (χ0n) is 20.3. The number of benzene rings is 3. The highest BCUT2D eigenvalue weighted by molar-refractivity contribution is 7.92. The van der Waals surface area contributed by atoms with Crippen LogP contribution in [0, 0.1) is 13.8 Å². The Morgan fingerprint density at radius 3 is 2.29 bits per heavy atom. The van der Waals surface area contributed by atoms with Gasteiger partial charge in [-0.15, -0.1) is 0 Å². The van der Waals surface area contributed by atoms with Gasteiger partial charge in [-0.3, -0.25) is 9.52 Å². The smallest absolute Gasteiger partial charge is 0.262 e. The molecule has 3 aromatic carbocycles. The molecule has 0 bridgehead atoms. The first kappa shape index (κ1) is 25.3. The quantitative estimate of drug-likeness (QED) is 0.434. The second kappa shape index (κ2) is 10.3. The van der Waals surface area contributed by atoms with Crippen LogP contribution >= 0.6 is 0 Å². The lowest BCUT2D eigenvalue weighted by molar-refractivity contribution is 0.0946. The van der Waals surface area contributed by atoms with Crippen LogP contribution in [0.3, 0.4) is 0 Å². The van der Waals surface area contributed by atoms with Crippen LogP contribution in [0.4, 0.5) is 5.69 Å². The van der Waals surface area contributed by atoms with Crippen molar-refractivity contribution in [2.45, 2.75) is 44.9 Å². The van der Waals surface area contributed by atoms with Crippen molar-refractivity contribution < 1.29 is 17.9 Å². The average Bonchev–Trinajstić information content (AvgIpc) is 2.76. The van der Waals surface area contributed by atoms with Gasteiger partial charge in [0.2, 0.25) is 0 Å². The van der Waals surface area contributed by atoms with Crippen LogP contribution in [0.25, 0.3) is 0 Å². The molecule has 3 rings (SSSR count). The van der Waals surface area contributed by atoms with Gasteiger partial charge < -0.3 is 10.1 Å². The average molecular weight is 481 g/mol. The highest BCUT2D eigenvalue weighted by Gasteiger charge is 2.19. The van der Waals surface area contributed by atoms with Gasteiger partial charge in [0.1, 0.15) is 12.4 Å². The monoisotopic (exact) mass is 480 g/mol. The summed E-state index contributed by atoms with van der Waals surface area (Å²) in [5.74, 6) is 0.367. The maximum absolute atomic E-state index is 12.9. The third-order valence-corrected chi connectivity index (χ3v) is 6.91. The number of aryl methyl sites for hydroxylation is 2. The summed E-state index contributed by atoms with van der Waals surface area (Å²) in [6.07, 6.45) is 0. The molecule has 0 aliphatic carbocycles. The molecule has 1 amide bonds. The Morgan fingerprint density at radius 2 is 1.65 bits per heavy atom. The zero-order valence-corrected chi connectivity index (χ0v) is 21.1. The molecule has 0 saturated heterocycles. The second-order valence-corrected chi connectivity index (χ2v) is 11.0. The largest absolute Gasteiger partial charge is 0.492 e. The highest BCUT2D eigenvalue weighted by Crippen LogP contribution is 2.24. The van der Waals surface area contributed by atoms with E-state index in [0.717, 1.165) is 11.3 Å². The molecule has 0 saturated carbocycles. The SMILES string of the molecule is Cc1cccc(NS(=O)(=O)c2cc(C(=O)NCCOc3ccc(C(C)(C)C)cc3)ccc2C)c1. The molecule has 0 heterocycles. The van der Waals surface area contributed by atoms with Crippen molar-refractivity contribution in [2.75, 3.05) is 17.9 Å². The number of amides is 1. The number of sulfonamides is 1. The molecule has 0 unspecified atom stereocenters. The molecule has 0 radical (unpaired) electrons. The molecule has 180 valence electrons. The summed E-state index contributed by atoms with van der Waals surface area (Å²) >= 11 is 0. The molecule has 0 atom stereocenters. The van der Waals surface area contributed by atoms with E-state index in [-0.39, 0.29) is 28.3 Å². The Hall–Kier alpha value is -3.32. The molecule has 7 heteroatoms. The summed E-state index contributed by atoms with van der Waals surface area (Å²) in [6, 6.07) is 19.7. The number of rotatable bonds is 8. The number of ether oxygens (including phenoxy) is 1. The molecule has 34 heavy (non-hydrogen) atoms. The van der Waals surface area contributed by atoms with Crippen molar-refractivity contribution in [3.8, 4) is 5.75 Å². The number of carbonyl (C=O) groups is 1. The topological polar surface area (TPSA) is 84.5 Å². The maximum Gasteiger partial charge on any atom is 0.262 e. The van der Waals surface area contributed by atoms with Gasteiger partial charge in [0.25, 0.3) is 15.9 Å². The van der Waals surface area contributed by atoms with Gasteiger partial charge in [-0.2, -0.15) is 0 Å². The summed E-state index contributed by atoms with van der Waals surface area (Å²) in [7, 11) is -3.85. The summed E-state index contributed by atoms with van der Waals surface area (Å²) in [4.78, 5) is 12.7. The Bertz CT molecular complexity index is 1260. The molecule has 3 aromatic rings. The van der Waals surface area contributed by atoms with Crippen LogP contribution in [0.5, 0.6) is 5.75 Å². The first-order valence-electron chi connectivity index (χ1n) is 11.2. The first-order valence-corrected chi connectivity index (χ1v) is 12.7. The predicted octanol–water partition coefficient (Wildman–Crippen LogP) is 5.21. The van der Waals surface area contributed by atoms with Crippen molar-refractivity contribution in [1.29, 1.82) is 0 Å². The van der Waals surface area contributed by atoms with Crippen molar-refractivity contribution >= 4 is 21.6 Å². The fourth-order valence-corrected chi connectivity index (χ4v) is 4.76. The van der Waals surface area contributed by atoms with Gasteiger partial charge in [-0.1, -0.05) is 51.1 Å². The third kappa shape index (κ3) is 6.60. The van der Waals surface area contributed by atoms with Gasteiger partial charge in [0.05, 0.1) is 11.4 Å². The van der Waals surface area contributed by atoms with E-state index in [9.17, 15) is 13.2 Å². The van der Waals surface area contributed by atoms with Gasteiger partial charge in [0, 0.05) is 11.3 Å². The number of carbonyl (C=O) groups excluding carboxylic acids is 1. The molecular formula is C27H32N2O4S. The van der Waals surface area contributed by atoms with Gasteiger partial charge >= 0.3 is 0 Å². The Kier molecular flexibility index (Phi) is 7.67. The van der Waals surface area contributed by atoms with Crippen LogP contribution in [0.15, 0.2) is 71.6 Å². The van der Waals surface area contributed by atoms with Crippen molar-refractivity contribution in [3.63, 3.8) is 0 Å². The van der Waals surface area contributed by atoms with Crippen molar-refractivity contribution in [1.82, 2.24) is 5.32 Å². The van der Waals surface area contributed by atoms with E-state index in [4.69, 9.17) is 4.74 Å². The number of hydrogen-bond acceptors (Lipinski definition) is 4. The van der Waals surface area contributed by atoms with Crippen LogP contribution in [-0.2, 0) is 15.4 Å². The minimum absolute atomic E-state index is 0.0665. The molecule has 0 fully saturated rings. The van der Waals surface area contributed by atoms with Crippen LogP contribution in [0.1, 0.15) is 47.8 Å². The summed E-state index contributed by atoms with van der Waals surface area (Å²) in [6.45, 7) is 10.6. The minimum atomic E-state index is -3.85. The van der Waals surface area contributed by atoms with Crippen molar-refractivity contribution in [2.24, 2.45) is 0 Å². The van der Waals surface area contributed by atoms with E-state index in [1.165, 1.54) is 11.6 Å². The number of anilines is 1. The van der Waals surface area contributed by atoms with E-state index >= 15 is 0 Å². The molecule has 0 aliphatic heterocycles. The lowest BCUT2D eigenvalue weighted by Gasteiger charge is -2.19. The van der Waals surface area contributed by atoms with E-state index < -0.39 is 10.0 Å². The number of nitrogens with one attached hydrogen (secondary N) is 2. The lowest BCUT2D eigenvalue weighted by atomic mass is 9.87. The van der Waals surface area contributed by atoms with Gasteiger partial charge in [0.15, 0.2) is 0 Å². The molecule has 6 nitrogen and oxygen atoms in total. The van der Waals surface area contributed by atoms with Crippen molar-refractivity contribution in [3.05, 3.63) is 89.0 Å². The summed E-state index contributed by atoms with van der Waals surface area (Å²) < 4.78 is 34.2.